The van der Waals surface area contributed by atoms with E-state index in [9.17, 15) is 62.6 Å². The Morgan fingerprint density at radius 1 is 0.714 bits per heavy atom. The molecule has 0 aliphatic rings. The molecule has 0 radical (unpaired) electrons. The molecule has 4 nitrogen and oxygen atoms in total. The van der Waals surface area contributed by atoms with Crippen LogP contribution in [0.3, 0.4) is 0 Å². The molecule has 0 amide bonds. The van der Waals surface area contributed by atoms with E-state index in [1.54, 1.807) is 0 Å². The molecule has 0 saturated heterocycles. The number of benzene rings is 2. The van der Waals surface area contributed by atoms with Crippen LogP contribution in [0, 0.1) is 59.3 Å². The second-order valence-corrected chi connectivity index (χ2v) is 6.45. The van der Waals surface area contributed by atoms with Crippen LogP contribution in [0.4, 0.5) is 52.7 Å². The third-order valence-corrected chi connectivity index (χ3v) is 4.44. The van der Waals surface area contributed by atoms with E-state index >= 15 is 0 Å². The van der Waals surface area contributed by atoms with Gasteiger partial charge in [-0.15, -0.1) is 0 Å². The smallest absolute Gasteiger partial charge is 0.422 e. The Morgan fingerprint density at radius 3 is 1.51 bits per heavy atom. The van der Waals surface area contributed by atoms with Crippen molar-refractivity contribution >= 4 is 5.78 Å². The summed E-state index contributed by atoms with van der Waals surface area (Å²) in [4.78, 5) is 12.4. The standard InChI is InChI=1S/C18H4F12N2O2.Zn/c1-2-3(16(33)4-6(19)10(23)12(25)11(24)7(4)20)17(34)32(31-2)15-13(26)8(21)5(18(28,29)30)9(22)14(15)27;/h34H,1H3;. The molecule has 1 N–H and O–H groups in total. The van der Waals surface area contributed by atoms with Gasteiger partial charge in [0.05, 0.1) is 5.69 Å². The number of aryl methyl sites for hydroxylation is 1. The van der Waals surface area contributed by atoms with E-state index in [-0.39, 0.29) is 19.5 Å². The number of ketones is 1. The fourth-order valence-electron chi connectivity index (χ4n) is 2.92. The summed E-state index contributed by atoms with van der Waals surface area (Å²) >= 11 is 0. The maximum absolute atomic E-state index is 14.2. The van der Waals surface area contributed by atoms with Crippen LogP contribution in [-0.2, 0) is 25.7 Å². The Morgan fingerprint density at radius 2 is 1.11 bits per heavy atom. The fraction of sp³-hybridized carbons (Fsp3) is 0.111. The van der Waals surface area contributed by atoms with E-state index in [1.165, 1.54) is 0 Å². The van der Waals surface area contributed by atoms with E-state index in [2.05, 4.69) is 5.10 Å². The Balaban J connectivity index is 0.00000432. The molecule has 1 aromatic heterocycles. The quantitative estimate of drug-likeness (QED) is 0.150. The number of hydrogen-bond acceptors (Lipinski definition) is 3. The summed E-state index contributed by atoms with van der Waals surface area (Å²) in [6.07, 6.45) is -5.91. The minimum absolute atomic E-state index is 0. The average molecular weight is 574 g/mol. The molecule has 0 aliphatic carbocycles. The molecular weight excluding hydrogens is 570 g/mol. The molecule has 0 spiro atoms. The molecule has 0 fully saturated rings. The molecule has 0 unspecified atom stereocenters. The number of carbonyl (C=O) groups excluding carboxylic acids is 1. The topological polar surface area (TPSA) is 55.1 Å². The minimum Gasteiger partial charge on any atom is -0.493 e. The minimum atomic E-state index is -5.91. The molecule has 0 bridgehead atoms. The van der Waals surface area contributed by atoms with Crippen molar-refractivity contribution in [3.8, 4) is 11.6 Å². The molecule has 1 heterocycles. The summed E-state index contributed by atoms with van der Waals surface area (Å²) in [6.45, 7) is 0.683. The largest absolute Gasteiger partial charge is 0.493 e. The van der Waals surface area contributed by atoms with Crippen LogP contribution in [0.1, 0.15) is 27.2 Å². The predicted octanol–water partition coefficient (Wildman–Crippen LogP) is 5.39. The first-order valence-corrected chi connectivity index (χ1v) is 8.32. The summed E-state index contributed by atoms with van der Waals surface area (Å²) in [5.74, 6) is -28.6. The zero-order valence-electron chi connectivity index (χ0n) is 16.5. The van der Waals surface area contributed by atoms with E-state index < -0.39 is 103 Å². The molecular formula is C18H4F12N2O2Zn. The van der Waals surface area contributed by atoms with Gasteiger partial charge < -0.3 is 5.11 Å². The van der Waals surface area contributed by atoms with Crippen molar-refractivity contribution in [1.82, 2.24) is 9.78 Å². The fourth-order valence-corrected chi connectivity index (χ4v) is 2.92. The van der Waals surface area contributed by atoms with Crippen molar-refractivity contribution in [2.24, 2.45) is 0 Å². The van der Waals surface area contributed by atoms with Crippen LogP contribution in [0.2, 0.25) is 0 Å². The monoisotopic (exact) mass is 572 g/mol. The molecule has 2 aromatic carbocycles. The van der Waals surface area contributed by atoms with E-state index in [0.717, 1.165) is 0 Å². The number of halogens is 12. The molecule has 17 heteroatoms. The van der Waals surface area contributed by atoms with Crippen molar-refractivity contribution in [2.75, 3.05) is 0 Å². The van der Waals surface area contributed by atoms with Gasteiger partial charge in [-0.2, -0.15) is 23.0 Å². The van der Waals surface area contributed by atoms with Crippen molar-refractivity contribution < 1.29 is 82.1 Å². The van der Waals surface area contributed by atoms with Gasteiger partial charge >= 0.3 is 6.18 Å². The summed E-state index contributed by atoms with van der Waals surface area (Å²) < 4.78 is 162. The van der Waals surface area contributed by atoms with Crippen LogP contribution in [0.15, 0.2) is 0 Å². The first-order chi connectivity index (χ1) is 15.5. The molecule has 3 rings (SSSR count). The molecule has 0 aliphatic heterocycles. The summed E-state index contributed by atoms with van der Waals surface area (Å²) in [5, 5.41) is 13.2. The van der Waals surface area contributed by atoms with Gasteiger partial charge in [0.25, 0.3) is 0 Å². The third kappa shape index (κ3) is 4.15. The SMILES string of the molecule is Cc1nn(-c2c(F)c(F)c(C(F)(F)F)c(F)c2F)c(O)c1C(=O)c1c(F)c(F)c(F)c(F)c1F.[Zn]. The Hall–Kier alpha value is -3.10. The number of alkyl halides is 3. The van der Waals surface area contributed by atoms with Gasteiger partial charge in [-0.25, -0.2) is 39.5 Å². The van der Waals surface area contributed by atoms with Gasteiger partial charge in [0.2, 0.25) is 17.5 Å². The van der Waals surface area contributed by atoms with Crippen LogP contribution < -0.4 is 0 Å². The van der Waals surface area contributed by atoms with Crippen molar-refractivity contribution in [1.29, 1.82) is 0 Å². The van der Waals surface area contributed by atoms with Crippen LogP contribution in [0.25, 0.3) is 5.69 Å². The number of aromatic nitrogens is 2. The second kappa shape index (κ2) is 9.17. The molecule has 3 aromatic rings. The van der Waals surface area contributed by atoms with Crippen LogP contribution in [0.5, 0.6) is 5.88 Å². The number of rotatable bonds is 3. The van der Waals surface area contributed by atoms with Crippen LogP contribution in [-0.4, -0.2) is 20.7 Å². The summed E-state index contributed by atoms with van der Waals surface area (Å²) in [6, 6.07) is 0. The first-order valence-electron chi connectivity index (χ1n) is 8.32. The maximum atomic E-state index is 14.2. The summed E-state index contributed by atoms with van der Waals surface area (Å²) in [7, 11) is 0. The average Bonchev–Trinajstić information content (AvgIpc) is 3.02. The molecule has 184 valence electrons. The van der Waals surface area contributed by atoms with Crippen molar-refractivity contribution in [2.45, 2.75) is 13.1 Å². The van der Waals surface area contributed by atoms with Crippen molar-refractivity contribution in [3.63, 3.8) is 0 Å². The number of carbonyl (C=O) groups is 1. The molecule has 0 saturated carbocycles. The molecule has 35 heavy (non-hydrogen) atoms. The van der Waals surface area contributed by atoms with Gasteiger partial charge in [0, 0.05) is 19.5 Å². The van der Waals surface area contributed by atoms with Crippen LogP contribution >= 0.6 is 0 Å². The van der Waals surface area contributed by atoms with Gasteiger partial charge in [-0.3, -0.25) is 4.79 Å². The van der Waals surface area contributed by atoms with Gasteiger partial charge in [-0.05, 0) is 6.92 Å². The zero-order valence-corrected chi connectivity index (χ0v) is 19.5. The first kappa shape index (κ1) is 28.1. The number of aromatic hydroxyl groups is 1. The predicted molar refractivity (Wildman–Crippen MR) is 84.5 cm³/mol. The maximum Gasteiger partial charge on any atom is 0.422 e. The zero-order chi connectivity index (χ0) is 26.0. The van der Waals surface area contributed by atoms with Gasteiger partial charge in [0.1, 0.15) is 22.4 Å². The van der Waals surface area contributed by atoms with Gasteiger partial charge in [0.15, 0.2) is 46.5 Å². The van der Waals surface area contributed by atoms with Crippen molar-refractivity contribution in [3.05, 3.63) is 74.7 Å². The summed E-state index contributed by atoms with van der Waals surface area (Å²) in [5.41, 5.74) is -9.64. The third-order valence-electron chi connectivity index (χ3n) is 4.44. The number of nitrogens with zero attached hydrogens (tertiary/aromatic N) is 2. The van der Waals surface area contributed by atoms with E-state index in [1.807, 2.05) is 0 Å². The van der Waals surface area contributed by atoms with Gasteiger partial charge in [-0.1, -0.05) is 0 Å². The Labute approximate surface area is 197 Å². The van der Waals surface area contributed by atoms with E-state index in [0.29, 0.717) is 6.92 Å². The number of hydrogen-bond donors (Lipinski definition) is 1. The molecule has 0 atom stereocenters. The Kier molecular flexibility index (Phi) is 7.37. The normalized spacial score (nSPS) is 11.6. The second-order valence-electron chi connectivity index (χ2n) is 6.45. The Bertz CT molecular complexity index is 1330. The van der Waals surface area contributed by atoms with E-state index in [4.69, 9.17) is 0 Å².